The molecule has 6 heteroatoms. The molecule has 1 unspecified atom stereocenters. The van der Waals surface area contributed by atoms with Crippen molar-refractivity contribution in [3.8, 4) is 17.6 Å². The summed E-state index contributed by atoms with van der Waals surface area (Å²) in [6.07, 6.45) is 1.06. The molecule has 1 aliphatic heterocycles. The van der Waals surface area contributed by atoms with Crippen LogP contribution in [0.15, 0.2) is 102 Å². The summed E-state index contributed by atoms with van der Waals surface area (Å²) in [4.78, 5) is 16.1. The molecule has 0 spiro atoms. The standard InChI is InChI=1S/C38H37N3O3/c1-23-17-24(2)30(18-26(23)22-44-28-15-13-27(43-5)14-16-28)35-31(21-39)37(40)41(33-19-38(3,4)20-34(42)36(33)35)32-12-8-10-25-9-6-7-11-29(25)32/h6-18,35H,19-20,22,40H2,1-5H3. The quantitative estimate of drug-likeness (QED) is 0.248. The number of carbonyl (C=O) groups excluding carboxylic acids is 1. The third-order valence-corrected chi connectivity index (χ3v) is 8.88. The van der Waals surface area contributed by atoms with Crippen LogP contribution >= 0.6 is 0 Å². The molecular weight excluding hydrogens is 546 g/mol. The minimum absolute atomic E-state index is 0.0581. The molecule has 0 saturated carbocycles. The van der Waals surface area contributed by atoms with E-state index in [-0.39, 0.29) is 11.2 Å². The van der Waals surface area contributed by atoms with Crippen LogP contribution in [0.5, 0.6) is 11.5 Å². The van der Waals surface area contributed by atoms with Crippen molar-refractivity contribution in [2.45, 2.75) is 53.1 Å². The van der Waals surface area contributed by atoms with E-state index in [1.165, 1.54) is 0 Å². The molecule has 0 fully saturated rings. The van der Waals surface area contributed by atoms with Crippen LogP contribution in [0.25, 0.3) is 10.8 Å². The lowest BCUT2D eigenvalue weighted by Gasteiger charge is -2.44. The molecule has 6 nitrogen and oxygen atoms in total. The van der Waals surface area contributed by atoms with Crippen molar-refractivity contribution >= 4 is 22.2 Å². The molecule has 1 aliphatic carbocycles. The zero-order valence-electron chi connectivity index (χ0n) is 25.9. The maximum absolute atomic E-state index is 14.2. The molecule has 4 aromatic rings. The van der Waals surface area contributed by atoms with Gasteiger partial charge in [0.1, 0.15) is 23.9 Å². The third-order valence-electron chi connectivity index (χ3n) is 8.88. The zero-order valence-corrected chi connectivity index (χ0v) is 25.9. The maximum Gasteiger partial charge on any atom is 0.162 e. The van der Waals surface area contributed by atoms with Crippen LogP contribution in [-0.4, -0.2) is 12.9 Å². The van der Waals surface area contributed by atoms with Gasteiger partial charge >= 0.3 is 0 Å². The molecule has 222 valence electrons. The lowest BCUT2D eigenvalue weighted by atomic mass is 9.68. The predicted octanol–water partition coefficient (Wildman–Crippen LogP) is 7.99. The number of rotatable bonds is 6. The first-order valence-corrected chi connectivity index (χ1v) is 14.9. The highest BCUT2D eigenvalue weighted by molar-refractivity contribution is 6.03. The third kappa shape index (κ3) is 5.09. The van der Waals surface area contributed by atoms with Crippen LogP contribution in [0.3, 0.4) is 0 Å². The first-order valence-electron chi connectivity index (χ1n) is 14.9. The summed E-state index contributed by atoms with van der Waals surface area (Å²) in [5, 5.41) is 12.8. The number of nitriles is 1. The van der Waals surface area contributed by atoms with E-state index in [0.717, 1.165) is 55.9 Å². The van der Waals surface area contributed by atoms with Gasteiger partial charge in [0.2, 0.25) is 0 Å². The van der Waals surface area contributed by atoms with Gasteiger partial charge in [0.15, 0.2) is 5.78 Å². The minimum Gasteiger partial charge on any atom is -0.497 e. The highest BCUT2D eigenvalue weighted by Gasteiger charge is 2.45. The van der Waals surface area contributed by atoms with Crippen molar-refractivity contribution in [1.29, 1.82) is 5.26 Å². The number of nitrogens with two attached hydrogens (primary N) is 1. The monoisotopic (exact) mass is 583 g/mol. The van der Waals surface area contributed by atoms with Gasteiger partial charge in [-0.25, -0.2) is 0 Å². The number of aryl methyl sites for hydroxylation is 2. The number of carbonyl (C=O) groups is 1. The van der Waals surface area contributed by atoms with Crippen molar-refractivity contribution in [1.82, 2.24) is 0 Å². The van der Waals surface area contributed by atoms with Crippen molar-refractivity contribution in [2.24, 2.45) is 11.1 Å². The molecular formula is C38H37N3O3. The number of hydrogen-bond acceptors (Lipinski definition) is 6. The van der Waals surface area contributed by atoms with Crippen molar-refractivity contribution in [3.63, 3.8) is 0 Å². The molecule has 4 aromatic carbocycles. The molecule has 2 N–H and O–H groups in total. The first-order chi connectivity index (χ1) is 21.1. The van der Waals surface area contributed by atoms with Crippen molar-refractivity contribution in [3.05, 3.63) is 124 Å². The van der Waals surface area contributed by atoms with E-state index in [1.807, 2.05) is 60.4 Å². The average Bonchev–Trinajstić information content (AvgIpc) is 3.00. The molecule has 0 saturated heterocycles. The van der Waals surface area contributed by atoms with Gasteiger partial charge < -0.3 is 15.2 Å². The van der Waals surface area contributed by atoms with Gasteiger partial charge in [0.05, 0.1) is 30.4 Å². The Kier molecular flexibility index (Phi) is 7.43. The van der Waals surface area contributed by atoms with E-state index < -0.39 is 5.92 Å². The Morgan fingerprint density at radius 1 is 0.955 bits per heavy atom. The summed E-state index contributed by atoms with van der Waals surface area (Å²) >= 11 is 0. The normalized spacial score (nSPS) is 17.9. The van der Waals surface area contributed by atoms with Crippen molar-refractivity contribution < 1.29 is 14.3 Å². The van der Waals surface area contributed by atoms with Crippen LogP contribution in [0, 0.1) is 30.6 Å². The van der Waals surface area contributed by atoms with E-state index >= 15 is 0 Å². The number of ether oxygens (including phenoxy) is 2. The lowest BCUT2D eigenvalue weighted by Crippen LogP contribution is -2.42. The fourth-order valence-corrected chi connectivity index (χ4v) is 6.71. The Morgan fingerprint density at radius 3 is 2.39 bits per heavy atom. The largest absolute Gasteiger partial charge is 0.497 e. The van der Waals surface area contributed by atoms with Crippen molar-refractivity contribution in [2.75, 3.05) is 12.0 Å². The summed E-state index contributed by atoms with van der Waals surface area (Å²) in [5.74, 6) is 1.35. The summed E-state index contributed by atoms with van der Waals surface area (Å²) in [7, 11) is 1.63. The number of hydrogen-bond donors (Lipinski definition) is 1. The Labute approximate surface area is 259 Å². The SMILES string of the molecule is COc1ccc(OCc2cc(C3C(C#N)=C(N)N(c4cccc5ccccc45)C4=C3C(=O)CC(C)(C)C4)c(C)cc2C)cc1. The van der Waals surface area contributed by atoms with Gasteiger partial charge in [-0.3, -0.25) is 9.69 Å². The summed E-state index contributed by atoms with van der Waals surface area (Å²) in [6.45, 7) is 8.68. The first kappa shape index (κ1) is 29.1. The molecule has 0 amide bonds. The van der Waals surface area contributed by atoms with Gasteiger partial charge in [-0.15, -0.1) is 0 Å². The summed E-state index contributed by atoms with van der Waals surface area (Å²) in [6, 6.07) is 28.3. The molecule has 0 radical (unpaired) electrons. The Hall–Kier alpha value is -5.02. The molecule has 6 rings (SSSR count). The number of ketones is 1. The molecule has 1 atom stereocenters. The van der Waals surface area contributed by atoms with Crippen LogP contribution < -0.4 is 20.1 Å². The molecule has 2 aliphatic rings. The maximum atomic E-state index is 14.2. The Morgan fingerprint density at radius 2 is 1.66 bits per heavy atom. The van der Waals surface area contributed by atoms with Crippen LogP contribution in [-0.2, 0) is 11.4 Å². The van der Waals surface area contributed by atoms with E-state index in [2.05, 4.69) is 57.2 Å². The second kappa shape index (κ2) is 11.2. The molecule has 1 heterocycles. The number of allylic oxidation sites excluding steroid dienone is 3. The topological polar surface area (TPSA) is 88.6 Å². The van der Waals surface area contributed by atoms with Crippen LogP contribution in [0.1, 0.15) is 54.9 Å². The molecule has 0 bridgehead atoms. The highest BCUT2D eigenvalue weighted by atomic mass is 16.5. The number of Topliss-reactive ketones (excluding diaryl/α,β-unsaturated/α-hetero) is 1. The minimum atomic E-state index is -0.565. The smallest absolute Gasteiger partial charge is 0.162 e. The van der Waals surface area contributed by atoms with Gasteiger partial charge in [0, 0.05) is 23.1 Å². The number of benzene rings is 4. The van der Waals surface area contributed by atoms with E-state index in [0.29, 0.717) is 36.4 Å². The van der Waals surface area contributed by atoms with Gasteiger partial charge in [-0.05, 0) is 83.7 Å². The molecule has 0 aromatic heterocycles. The number of methoxy groups -OCH3 is 1. The van der Waals surface area contributed by atoms with E-state index in [1.54, 1.807) is 7.11 Å². The van der Waals surface area contributed by atoms with Crippen LogP contribution in [0.4, 0.5) is 5.69 Å². The lowest BCUT2D eigenvalue weighted by molar-refractivity contribution is -0.118. The van der Waals surface area contributed by atoms with E-state index in [9.17, 15) is 10.1 Å². The fraction of sp³-hybridized carbons (Fsp3) is 0.263. The summed E-state index contributed by atoms with van der Waals surface area (Å²) in [5.41, 5.74) is 13.5. The second-order valence-corrected chi connectivity index (χ2v) is 12.6. The van der Waals surface area contributed by atoms with E-state index in [4.69, 9.17) is 15.2 Å². The van der Waals surface area contributed by atoms with Gasteiger partial charge in [0.25, 0.3) is 0 Å². The predicted molar refractivity (Wildman–Crippen MR) is 174 cm³/mol. The Bertz CT molecular complexity index is 1890. The fourth-order valence-electron chi connectivity index (χ4n) is 6.71. The number of nitrogens with zero attached hydrogens (tertiary/aromatic N) is 2. The average molecular weight is 584 g/mol. The number of fused-ring (bicyclic) bond motifs is 1. The van der Waals surface area contributed by atoms with Gasteiger partial charge in [-0.2, -0.15) is 5.26 Å². The zero-order chi connectivity index (χ0) is 31.2. The Balaban J connectivity index is 1.50. The van der Waals surface area contributed by atoms with Gasteiger partial charge in [-0.1, -0.05) is 62.4 Å². The molecule has 44 heavy (non-hydrogen) atoms. The second-order valence-electron chi connectivity index (χ2n) is 12.6. The summed E-state index contributed by atoms with van der Waals surface area (Å²) < 4.78 is 11.4. The number of anilines is 1. The van der Waals surface area contributed by atoms with Crippen LogP contribution in [0.2, 0.25) is 0 Å². The highest BCUT2D eigenvalue weighted by Crippen LogP contribution is 2.51.